The molecule has 0 radical (unpaired) electrons. The van der Waals surface area contributed by atoms with Crippen LogP contribution in [0.15, 0.2) is 53.0 Å². The quantitative estimate of drug-likeness (QED) is 0.422. The minimum atomic E-state index is -0.304. The van der Waals surface area contributed by atoms with Crippen molar-refractivity contribution in [3.8, 4) is 0 Å². The number of nitro groups is 1. The molecule has 122 valence electrons. The van der Waals surface area contributed by atoms with Crippen LogP contribution in [0.5, 0.6) is 0 Å². The molecule has 4 rings (SSSR count). The highest BCUT2D eigenvalue weighted by molar-refractivity contribution is 9.10. The lowest BCUT2D eigenvalue weighted by Gasteiger charge is -2.38. The highest BCUT2D eigenvalue weighted by Gasteiger charge is 2.39. The van der Waals surface area contributed by atoms with Gasteiger partial charge >= 0.3 is 0 Å². The monoisotopic (exact) mass is 384 g/mol. The molecule has 0 fully saturated rings. The maximum absolute atomic E-state index is 11.2. The Balaban J connectivity index is 1.83. The van der Waals surface area contributed by atoms with Crippen LogP contribution in [0.3, 0.4) is 0 Å². The number of benzene rings is 2. The number of rotatable bonds is 2. The van der Waals surface area contributed by atoms with Crippen molar-refractivity contribution in [3.05, 3.63) is 79.8 Å². The van der Waals surface area contributed by atoms with Crippen molar-refractivity contribution in [2.45, 2.75) is 25.3 Å². The number of anilines is 1. The highest BCUT2D eigenvalue weighted by atomic mass is 79.9. The normalized spacial score (nSPS) is 24.2. The summed E-state index contributed by atoms with van der Waals surface area (Å²) in [6.07, 6.45) is 5.39. The van der Waals surface area contributed by atoms with Crippen molar-refractivity contribution in [1.82, 2.24) is 0 Å². The van der Waals surface area contributed by atoms with Crippen molar-refractivity contribution in [1.29, 1.82) is 0 Å². The van der Waals surface area contributed by atoms with Crippen molar-refractivity contribution >= 4 is 27.3 Å². The third kappa shape index (κ3) is 2.44. The molecule has 4 nitrogen and oxygen atoms in total. The van der Waals surface area contributed by atoms with Crippen LogP contribution in [0.25, 0.3) is 0 Å². The molecule has 2 aromatic carbocycles. The standard InChI is InChI=1S/C19H17BrN2O2/c1-11-8-14(22(23)24)10-17-15-6-3-7-16(15)19(21-18(11)17)12-4-2-5-13(20)9-12/h2-6,8-10,15-16,19,21H,7H2,1H3/t15-,16+,19-/m1/s1. The lowest BCUT2D eigenvalue weighted by atomic mass is 9.76. The zero-order valence-electron chi connectivity index (χ0n) is 13.2. The van der Waals surface area contributed by atoms with Gasteiger partial charge in [0.05, 0.1) is 11.0 Å². The summed E-state index contributed by atoms with van der Waals surface area (Å²) in [5.74, 6) is 0.608. The van der Waals surface area contributed by atoms with Gasteiger partial charge in [-0.15, -0.1) is 0 Å². The zero-order valence-corrected chi connectivity index (χ0v) is 14.8. The summed E-state index contributed by atoms with van der Waals surface area (Å²) in [6, 6.07) is 12.0. The average Bonchev–Trinajstić information content (AvgIpc) is 3.04. The molecule has 24 heavy (non-hydrogen) atoms. The second-order valence-electron chi connectivity index (χ2n) is 6.51. The fourth-order valence-electron chi connectivity index (χ4n) is 4.00. The number of hydrogen-bond donors (Lipinski definition) is 1. The molecule has 5 heteroatoms. The van der Waals surface area contributed by atoms with Gasteiger partial charge in [-0.1, -0.05) is 40.2 Å². The Morgan fingerprint density at radius 3 is 2.88 bits per heavy atom. The zero-order chi connectivity index (χ0) is 16.8. The van der Waals surface area contributed by atoms with E-state index in [1.165, 1.54) is 5.56 Å². The Bertz CT molecular complexity index is 862. The van der Waals surface area contributed by atoms with Crippen molar-refractivity contribution in [2.75, 3.05) is 5.32 Å². The smallest absolute Gasteiger partial charge is 0.270 e. The second-order valence-corrected chi connectivity index (χ2v) is 7.43. The molecule has 0 spiro atoms. The maximum atomic E-state index is 11.2. The molecule has 1 N–H and O–H groups in total. The molecule has 1 heterocycles. The third-order valence-corrected chi connectivity index (χ3v) is 5.56. The van der Waals surface area contributed by atoms with Gasteiger partial charge in [0.1, 0.15) is 0 Å². The molecule has 1 aliphatic carbocycles. The minimum absolute atomic E-state index is 0.174. The molecule has 0 bridgehead atoms. The molecule has 3 atom stereocenters. The summed E-state index contributed by atoms with van der Waals surface area (Å²) < 4.78 is 1.07. The lowest BCUT2D eigenvalue weighted by Crippen LogP contribution is -2.29. The first-order chi connectivity index (χ1) is 11.5. The first-order valence-electron chi connectivity index (χ1n) is 8.02. The number of non-ortho nitro benzene ring substituents is 1. The van der Waals surface area contributed by atoms with E-state index < -0.39 is 0 Å². The van der Waals surface area contributed by atoms with Crippen molar-refractivity contribution in [3.63, 3.8) is 0 Å². The van der Waals surface area contributed by atoms with E-state index in [-0.39, 0.29) is 22.6 Å². The van der Waals surface area contributed by atoms with Gasteiger partial charge < -0.3 is 5.32 Å². The summed E-state index contributed by atoms with van der Waals surface area (Å²) in [4.78, 5) is 10.9. The van der Waals surface area contributed by atoms with E-state index in [0.717, 1.165) is 27.7 Å². The van der Waals surface area contributed by atoms with Crippen LogP contribution in [-0.4, -0.2) is 4.92 Å². The Kier molecular flexibility index (Phi) is 3.68. The molecule has 0 unspecified atom stereocenters. The van der Waals surface area contributed by atoms with Crippen molar-refractivity contribution in [2.24, 2.45) is 5.92 Å². The number of nitrogens with zero attached hydrogens (tertiary/aromatic N) is 1. The van der Waals surface area contributed by atoms with Crippen LogP contribution in [0.1, 0.15) is 35.1 Å². The molecular weight excluding hydrogens is 368 g/mol. The van der Waals surface area contributed by atoms with E-state index in [1.54, 1.807) is 12.1 Å². The molecule has 0 amide bonds. The van der Waals surface area contributed by atoms with Crippen LogP contribution < -0.4 is 5.32 Å². The van der Waals surface area contributed by atoms with Gasteiger partial charge in [-0.05, 0) is 48.1 Å². The number of nitrogens with one attached hydrogen (secondary N) is 1. The molecule has 2 aliphatic rings. The SMILES string of the molecule is Cc1cc([N+](=O)[O-])cc2c1N[C@H](c1cccc(Br)c1)[C@H]1CC=C[C@@H]21. The van der Waals surface area contributed by atoms with Gasteiger partial charge in [0.25, 0.3) is 5.69 Å². The number of allylic oxidation sites excluding steroid dienone is 2. The first kappa shape index (κ1) is 15.4. The van der Waals surface area contributed by atoms with Gasteiger partial charge in [0.15, 0.2) is 0 Å². The predicted molar refractivity (Wildman–Crippen MR) is 98.3 cm³/mol. The van der Waals surface area contributed by atoms with Crippen LogP contribution >= 0.6 is 15.9 Å². The lowest BCUT2D eigenvalue weighted by molar-refractivity contribution is -0.385. The molecule has 0 saturated heterocycles. The first-order valence-corrected chi connectivity index (χ1v) is 8.81. The summed E-state index contributed by atoms with van der Waals surface area (Å²) in [7, 11) is 0. The number of aryl methyl sites for hydroxylation is 1. The highest BCUT2D eigenvalue weighted by Crippen LogP contribution is 2.51. The van der Waals surface area contributed by atoms with Gasteiger partial charge in [0.2, 0.25) is 0 Å². The van der Waals surface area contributed by atoms with Crippen LogP contribution in [0.2, 0.25) is 0 Å². The summed E-state index contributed by atoms with van der Waals surface area (Å²) in [6.45, 7) is 1.94. The number of nitro benzene ring substituents is 1. The third-order valence-electron chi connectivity index (χ3n) is 5.07. The average molecular weight is 385 g/mol. The molecular formula is C19H17BrN2O2. The Labute approximate surface area is 148 Å². The van der Waals surface area contributed by atoms with E-state index >= 15 is 0 Å². The minimum Gasteiger partial charge on any atom is -0.377 e. The Hall–Kier alpha value is -2.14. The summed E-state index contributed by atoms with van der Waals surface area (Å²) in [5.41, 5.74) is 4.43. The Morgan fingerprint density at radius 1 is 1.29 bits per heavy atom. The van der Waals surface area contributed by atoms with Gasteiger partial charge in [-0.2, -0.15) is 0 Å². The largest absolute Gasteiger partial charge is 0.377 e. The van der Waals surface area contributed by atoms with E-state index in [4.69, 9.17) is 0 Å². The van der Waals surface area contributed by atoms with E-state index in [1.807, 2.05) is 13.0 Å². The van der Waals surface area contributed by atoms with Crippen molar-refractivity contribution < 1.29 is 4.92 Å². The van der Waals surface area contributed by atoms with Crippen LogP contribution in [0, 0.1) is 23.0 Å². The van der Waals surface area contributed by atoms with E-state index in [0.29, 0.717) is 5.92 Å². The molecule has 1 aliphatic heterocycles. The van der Waals surface area contributed by atoms with Gasteiger partial charge in [0, 0.05) is 28.2 Å². The molecule has 0 aromatic heterocycles. The van der Waals surface area contributed by atoms with E-state index in [9.17, 15) is 10.1 Å². The summed E-state index contributed by atoms with van der Waals surface area (Å²) in [5, 5.41) is 14.9. The van der Waals surface area contributed by atoms with Gasteiger partial charge in [-0.25, -0.2) is 0 Å². The van der Waals surface area contributed by atoms with Crippen LogP contribution in [0.4, 0.5) is 11.4 Å². The number of hydrogen-bond acceptors (Lipinski definition) is 3. The Morgan fingerprint density at radius 2 is 2.12 bits per heavy atom. The number of fused-ring (bicyclic) bond motifs is 3. The molecule has 0 saturated carbocycles. The fraction of sp³-hybridized carbons (Fsp3) is 0.263. The fourth-order valence-corrected chi connectivity index (χ4v) is 4.42. The maximum Gasteiger partial charge on any atom is 0.270 e. The summed E-state index contributed by atoms with van der Waals surface area (Å²) >= 11 is 3.55. The molecule has 2 aromatic rings. The van der Waals surface area contributed by atoms with Crippen LogP contribution in [-0.2, 0) is 0 Å². The topological polar surface area (TPSA) is 55.2 Å². The van der Waals surface area contributed by atoms with Gasteiger partial charge in [-0.3, -0.25) is 10.1 Å². The number of halogens is 1. The predicted octanol–water partition coefficient (Wildman–Crippen LogP) is 5.49. The van der Waals surface area contributed by atoms with E-state index in [2.05, 4.69) is 51.6 Å². The second kappa shape index (κ2) is 5.74.